The minimum Gasteiger partial charge on any atom is -1.00 e. The van der Waals surface area contributed by atoms with Gasteiger partial charge in [0.05, 0.1) is 0 Å². The number of benzene rings is 1. The third kappa shape index (κ3) is 3.34. The Balaban J connectivity index is 0. The molecule has 0 N–H and O–H groups in total. The molecule has 5 heteroatoms. The molecule has 0 radical (unpaired) electrons. The van der Waals surface area contributed by atoms with Crippen LogP contribution in [-0.4, -0.2) is 14.1 Å². The average molecular weight is 221 g/mol. The average Bonchev–Trinajstić information content (AvgIpc) is 2.03. The van der Waals surface area contributed by atoms with Crippen LogP contribution < -0.4 is 44.7 Å². The molecule has 1 aromatic rings. The van der Waals surface area contributed by atoms with Gasteiger partial charge in [-0.3, -0.25) is 0 Å². The SMILES string of the molecule is Cc1cc(N(C)C)ccc1[P+](=O)[O-].[H-].[Na+]. The van der Waals surface area contributed by atoms with Gasteiger partial charge >= 0.3 is 37.6 Å². The molecule has 72 valence electrons. The first-order valence-electron chi connectivity index (χ1n) is 3.94. The molecule has 0 fully saturated rings. The van der Waals surface area contributed by atoms with Crippen molar-refractivity contribution in [1.82, 2.24) is 0 Å². The van der Waals surface area contributed by atoms with Gasteiger partial charge in [0.15, 0.2) is 5.30 Å². The summed E-state index contributed by atoms with van der Waals surface area (Å²) in [6.07, 6.45) is 0. The number of hydrogen-bond acceptors (Lipinski definition) is 3. The van der Waals surface area contributed by atoms with Crippen LogP contribution in [0.25, 0.3) is 0 Å². The summed E-state index contributed by atoms with van der Waals surface area (Å²) in [5.74, 6) is 0. The van der Waals surface area contributed by atoms with Gasteiger partial charge < -0.3 is 11.2 Å². The van der Waals surface area contributed by atoms with E-state index in [0.717, 1.165) is 11.3 Å². The fraction of sp³-hybridized carbons (Fsp3) is 0.333. The molecular formula is C9H13NNaO2P. The molecule has 0 aromatic heterocycles. The van der Waals surface area contributed by atoms with Crippen molar-refractivity contribution in [2.45, 2.75) is 6.92 Å². The van der Waals surface area contributed by atoms with E-state index in [4.69, 9.17) is 0 Å². The summed E-state index contributed by atoms with van der Waals surface area (Å²) in [6.45, 7) is 1.80. The molecular weight excluding hydrogens is 208 g/mol. The quantitative estimate of drug-likeness (QED) is 0.424. The second kappa shape index (κ2) is 5.84. The van der Waals surface area contributed by atoms with E-state index in [0.29, 0.717) is 5.30 Å². The first kappa shape index (κ1) is 14.1. The fourth-order valence-corrected chi connectivity index (χ4v) is 1.67. The fourth-order valence-electron chi connectivity index (χ4n) is 1.12. The van der Waals surface area contributed by atoms with Crippen LogP contribution in [0.1, 0.15) is 6.99 Å². The van der Waals surface area contributed by atoms with E-state index < -0.39 is 8.03 Å². The van der Waals surface area contributed by atoms with Crippen molar-refractivity contribution >= 4 is 19.0 Å². The van der Waals surface area contributed by atoms with Crippen LogP contribution >= 0.6 is 8.03 Å². The molecule has 1 rings (SSSR count). The largest absolute Gasteiger partial charge is 1.00 e. The molecule has 1 unspecified atom stereocenters. The maximum Gasteiger partial charge on any atom is 1.00 e. The Morgan fingerprint density at radius 2 is 2.00 bits per heavy atom. The van der Waals surface area contributed by atoms with E-state index in [1.807, 2.05) is 25.1 Å². The van der Waals surface area contributed by atoms with Crippen LogP contribution in [0.3, 0.4) is 0 Å². The van der Waals surface area contributed by atoms with Crippen LogP contribution in [0.15, 0.2) is 18.2 Å². The first-order valence-corrected chi connectivity index (χ1v) is 5.12. The first-order chi connectivity index (χ1) is 6.02. The van der Waals surface area contributed by atoms with Crippen LogP contribution in [-0.2, 0) is 4.57 Å². The zero-order valence-corrected chi connectivity index (χ0v) is 11.8. The van der Waals surface area contributed by atoms with Crippen molar-refractivity contribution in [3.05, 3.63) is 23.8 Å². The molecule has 1 aromatic carbocycles. The van der Waals surface area contributed by atoms with Crippen molar-refractivity contribution in [3.8, 4) is 0 Å². The van der Waals surface area contributed by atoms with Crippen LogP contribution in [0.2, 0.25) is 0 Å². The summed E-state index contributed by atoms with van der Waals surface area (Å²) < 4.78 is 10.7. The Labute approximate surface area is 109 Å². The van der Waals surface area contributed by atoms with Gasteiger partial charge in [-0.15, -0.1) is 0 Å². The van der Waals surface area contributed by atoms with E-state index in [-0.39, 0.29) is 31.0 Å². The van der Waals surface area contributed by atoms with Crippen molar-refractivity contribution in [1.29, 1.82) is 0 Å². The Morgan fingerprint density at radius 3 is 2.36 bits per heavy atom. The predicted octanol–water partition coefficient (Wildman–Crippen LogP) is -2.09. The summed E-state index contributed by atoms with van der Waals surface area (Å²) in [7, 11) is 1.38. The number of hydrogen-bond donors (Lipinski definition) is 0. The molecule has 0 heterocycles. The van der Waals surface area contributed by atoms with Gasteiger partial charge in [0.1, 0.15) is 0 Å². The van der Waals surface area contributed by atoms with Crippen LogP contribution in [0, 0.1) is 6.92 Å². The Morgan fingerprint density at radius 1 is 1.43 bits per heavy atom. The van der Waals surface area contributed by atoms with Crippen molar-refractivity contribution in [2.24, 2.45) is 0 Å². The molecule has 0 saturated carbocycles. The molecule has 14 heavy (non-hydrogen) atoms. The minimum atomic E-state index is -2.47. The monoisotopic (exact) mass is 221 g/mol. The maximum absolute atomic E-state index is 10.7. The van der Waals surface area contributed by atoms with E-state index in [2.05, 4.69) is 0 Å². The van der Waals surface area contributed by atoms with E-state index in [1.165, 1.54) is 0 Å². The maximum atomic E-state index is 10.7. The molecule has 1 atom stereocenters. The third-order valence-electron chi connectivity index (χ3n) is 1.89. The zero-order valence-electron chi connectivity index (χ0n) is 9.94. The molecule has 0 amide bonds. The summed E-state index contributed by atoms with van der Waals surface area (Å²) in [5.41, 5.74) is 1.81. The topological polar surface area (TPSA) is 43.4 Å². The number of rotatable bonds is 2. The van der Waals surface area contributed by atoms with Gasteiger partial charge in [-0.25, -0.2) is 0 Å². The van der Waals surface area contributed by atoms with E-state index >= 15 is 0 Å². The Bertz CT molecular complexity index is 347. The second-order valence-corrected chi connectivity index (χ2v) is 4.12. The van der Waals surface area contributed by atoms with Crippen LogP contribution in [0.4, 0.5) is 5.69 Å². The van der Waals surface area contributed by atoms with Gasteiger partial charge in [-0.05, 0) is 25.1 Å². The summed E-state index contributed by atoms with van der Waals surface area (Å²) in [6, 6.07) is 5.30. The Hall–Kier alpha value is 0.0800. The smallest absolute Gasteiger partial charge is 1.00 e. The molecule has 0 aliphatic rings. The van der Waals surface area contributed by atoms with Crippen LogP contribution in [0.5, 0.6) is 0 Å². The standard InChI is InChI=1S/C9H12NO2P.Na.H/c1-7-6-8(10(2)3)4-5-9(7)13(11)12;;/h4-6H,1-3H3;;/q;+1;-1. The molecule has 0 bridgehead atoms. The van der Waals surface area contributed by atoms with Crippen molar-refractivity contribution in [3.63, 3.8) is 0 Å². The van der Waals surface area contributed by atoms with E-state index in [1.54, 1.807) is 19.1 Å². The number of aryl methyl sites for hydroxylation is 1. The molecule has 0 aliphatic carbocycles. The molecule has 3 nitrogen and oxygen atoms in total. The minimum absolute atomic E-state index is 0. The van der Waals surface area contributed by atoms with Crippen molar-refractivity contribution < 1.29 is 40.4 Å². The molecule has 0 saturated heterocycles. The second-order valence-electron chi connectivity index (χ2n) is 3.12. The van der Waals surface area contributed by atoms with Gasteiger partial charge in [0.2, 0.25) is 0 Å². The summed E-state index contributed by atoms with van der Waals surface area (Å²) in [4.78, 5) is 12.7. The van der Waals surface area contributed by atoms with Gasteiger partial charge in [0, 0.05) is 25.3 Å². The summed E-state index contributed by atoms with van der Waals surface area (Å²) in [5, 5.41) is 0.403. The number of nitrogens with zero attached hydrogens (tertiary/aromatic N) is 1. The molecule has 0 spiro atoms. The summed E-state index contributed by atoms with van der Waals surface area (Å²) >= 11 is 0. The third-order valence-corrected chi connectivity index (χ3v) is 2.79. The van der Waals surface area contributed by atoms with Gasteiger partial charge in [-0.1, -0.05) is 4.57 Å². The predicted molar refractivity (Wildman–Crippen MR) is 53.9 cm³/mol. The zero-order chi connectivity index (χ0) is 10.0. The van der Waals surface area contributed by atoms with E-state index in [9.17, 15) is 9.46 Å². The van der Waals surface area contributed by atoms with Gasteiger partial charge in [0.25, 0.3) is 0 Å². The normalized spacial score (nSPS) is 10.4. The Kier molecular flexibility index (Phi) is 5.87. The number of anilines is 1. The molecule has 0 aliphatic heterocycles. The van der Waals surface area contributed by atoms with Gasteiger partial charge in [-0.2, -0.15) is 0 Å². The van der Waals surface area contributed by atoms with Crippen molar-refractivity contribution in [2.75, 3.05) is 19.0 Å².